The summed E-state index contributed by atoms with van der Waals surface area (Å²) >= 11 is 1.64. The minimum Gasteiger partial charge on any atom is -0.357 e. The van der Waals surface area contributed by atoms with Crippen LogP contribution >= 0.6 is 35.3 Å². The maximum absolute atomic E-state index is 11.4. The van der Waals surface area contributed by atoms with Crippen LogP contribution in [-0.2, 0) is 11.3 Å². The van der Waals surface area contributed by atoms with Gasteiger partial charge < -0.3 is 16.0 Å². The van der Waals surface area contributed by atoms with Crippen molar-refractivity contribution in [2.45, 2.75) is 13.5 Å². The molecule has 9 heteroatoms. The number of aliphatic imine (C=N–C) groups is 1. The Morgan fingerprint density at radius 3 is 2.86 bits per heavy atom. The van der Waals surface area contributed by atoms with Gasteiger partial charge in [0.25, 0.3) is 0 Å². The standard InChI is InChI=1S/C13H19N5O2S.HI/c1-2-14-12(16-7-10-3-6-21-9-10)15-4-5-18-11(19)8-17-13(18)20;/h3,6,9H,2,4-5,7-8H2,1H3,(H,17,20)(H2,14,15,16);1H. The van der Waals surface area contributed by atoms with E-state index < -0.39 is 0 Å². The molecule has 0 spiro atoms. The predicted molar refractivity (Wildman–Crippen MR) is 97.7 cm³/mol. The topological polar surface area (TPSA) is 85.8 Å². The minimum atomic E-state index is -0.331. The summed E-state index contributed by atoms with van der Waals surface area (Å²) in [5.41, 5.74) is 1.16. The normalized spacial score (nSPS) is 14.6. The van der Waals surface area contributed by atoms with Crippen LogP contribution in [0.15, 0.2) is 21.8 Å². The molecular weight excluding hydrogens is 417 g/mol. The highest BCUT2D eigenvalue weighted by Crippen LogP contribution is 2.06. The van der Waals surface area contributed by atoms with E-state index in [1.807, 2.05) is 18.4 Å². The van der Waals surface area contributed by atoms with Crippen molar-refractivity contribution in [1.29, 1.82) is 0 Å². The highest BCUT2D eigenvalue weighted by molar-refractivity contribution is 14.0. The molecular formula is C13H20IN5O2S. The van der Waals surface area contributed by atoms with Crippen LogP contribution in [0.2, 0.25) is 0 Å². The van der Waals surface area contributed by atoms with E-state index in [9.17, 15) is 9.59 Å². The van der Waals surface area contributed by atoms with Gasteiger partial charge in [-0.3, -0.25) is 9.69 Å². The van der Waals surface area contributed by atoms with Crippen molar-refractivity contribution in [2.24, 2.45) is 4.99 Å². The quantitative estimate of drug-likeness (QED) is 0.268. The van der Waals surface area contributed by atoms with Gasteiger partial charge in [-0.1, -0.05) is 0 Å². The van der Waals surface area contributed by atoms with Gasteiger partial charge in [0.1, 0.15) is 0 Å². The van der Waals surface area contributed by atoms with Crippen LogP contribution in [0, 0.1) is 0 Å². The van der Waals surface area contributed by atoms with Crippen molar-refractivity contribution in [3.8, 4) is 0 Å². The summed E-state index contributed by atoms with van der Waals surface area (Å²) in [5, 5.41) is 12.8. The first-order valence-corrected chi connectivity index (χ1v) is 7.76. The van der Waals surface area contributed by atoms with E-state index in [0.717, 1.165) is 12.1 Å². The van der Waals surface area contributed by atoms with Gasteiger partial charge in [-0.25, -0.2) is 9.79 Å². The van der Waals surface area contributed by atoms with Gasteiger partial charge in [-0.05, 0) is 29.3 Å². The van der Waals surface area contributed by atoms with Crippen molar-refractivity contribution in [2.75, 3.05) is 26.2 Å². The molecule has 1 aliphatic rings. The molecule has 22 heavy (non-hydrogen) atoms. The number of hydrogen-bond acceptors (Lipinski definition) is 4. The number of amides is 3. The fraction of sp³-hybridized carbons (Fsp3) is 0.462. The summed E-state index contributed by atoms with van der Waals surface area (Å²) in [6.07, 6.45) is 0. The second kappa shape index (κ2) is 9.62. The van der Waals surface area contributed by atoms with Crippen LogP contribution in [0.25, 0.3) is 0 Å². The maximum atomic E-state index is 11.4. The van der Waals surface area contributed by atoms with E-state index in [0.29, 0.717) is 25.6 Å². The van der Waals surface area contributed by atoms with Crippen molar-refractivity contribution < 1.29 is 9.59 Å². The second-order valence-electron chi connectivity index (χ2n) is 4.46. The molecule has 7 nitrogen and oxygen atoms in total. The Morgan fingerprint density at radius 2 is 2.27 bits per heavy atom. The first-order valence-electron chi connectivity index (χ1n) is 6.82. The SMILES string of the molecule is CCNC(=NCc1ccsc1)NCCN1C(=O)CNC1=O.I. The van der Waals surface area contributed by atoms with E-state index in [2.05, 4.69) is 26.3 Å². The zero-order chi connectivity index (χ0) is 15.1. The number of halogens is 1. The predicted octanol–water partition coefficient (Wildman–Crippen LogP) is 0.973. The summed E-state index contributed by atoms with van der Waals surface area (Å²) in [5.74, 6) is 0.484. The number of imide groups is 1. The van der Waals surface area contributed by atoms with Crippen LogP contribution in [0.1, 0.15) is 12.5 Å². The molecule has 0 aliphatic carbocycles. The third-order valence-electron chi connectivity index (χ3n) is 2.91. The molecule has 122 valence electrons. The van der Waals surface area contributed by atoms with Gasteiger partial charge >= 0.3 is 6.03 Å². The lowest BCUT2D eigenvalue weighted by Gasteiger charge is -2.15. The fourth-order valence-corrected chi connectivity index (χ4v) is 2.52. The Hall–Kier alpha value is -1.36. The van der Waals surface area contributed by atoms with Crippen molar-refractivity contribution in [3.05, 3.63) is 22.4 Å². The van der Waals surface area contributed by atoms with Gasteiger partial charge in [-0.2, -0.15) is 11.3 Å². The molecule has 0 bridgehead atoms. The van der Waals surface area contributed by atoms with Crippen molar-refractivity contribution in [3.63, 3.8) is 0 Å². The van der Waals surface area contributed by atoms with Gasteiger partial charge in [0.2, 0.25) is 5.91 Å². The third-order valence-corrected chi connectivity index (χ3v) is 3.64. The van der Waals surface area contributed by atoms with Crippen LogP contribution < -0.4 is 16.0 Å². The van der Waals surface area contributed by atoms with Crippen LogP contribution in [0.4, 0.5) is 4.79 Å². The first-order chi connectivity index (χ1) is 10.2. The number of nitrogens with one attached hydrogen (secondary N) is 3. The summed E-state index contributed by atoms with van der Waals surface area (Å²) in [7, 11) is 0. The zero-order valence-electron chi connectivity index (χ0n) is 12.3. The Bertz CT molecular complexity index is 505. The molecule has 1 saturated heterocycles. The van der Waals surface area contributed by atoms with Gasteiger partial charge in [0.15, 0.2) is 5.96 Å². The number of carbonyl (C=O) groups excluding carboxylic acids is 2. The average Bonchev–Trinajstić information content (AvgIpc) is 3.09. The molecule has 1 aliphatic heterocycles. The molecule has 0 radical (unpaired) electrons. The Kier molecular flexibility index (Phi) is 8.17. The van der Waals surface area contributed by atoms with E-state index in [1.54, 1.807) is 11.3 Å². The first kappa shape index (κ1) is 18.7. The molecule has 1 aromatic heterocycles. The number of carbonyl (C=O) groups is 2. The van der Waals surface area contributed by atoms with E-state index in [4.69, 9.17) is 0 Å². The molecule has 0 saturated carbocycles. The van der Waals surface area contributed by atoms with Gasteiger partial charge in [0.05, 0.1) is 13.1 Å². The molecule has 3 N–H and O–H groups in total. The Morgan fingerprint density at radius 1 is 1.45 bits per heavy atom. The van der Waals surface area contributed by atoms with Crippen molar-refractivity contribution >= 4 is 53.2 Å². The van der Waals surface area contributed by atoms with E-state index in [-0.39, 0.29) is 42.5 Å². The summed E-state index contributed by atoms with van der Waals surface area (Å²) in [6.45, 7) is 4.22. The molecule has 3 amide bonds. The van der Waals surface area contributed by atoms with Crippen LogP contribution in [0.3, 0.4) is 0 Å². The fourth-order valence-electron chi connectivity index (χ4n) is 1.86. The van der Waals surface area contributed by atoms with Gasteiger partial charge in [-0.15, -0.1) is 24.0 Å². The molecule has 2 rings (SSSR count). The Balaban J connectivity index is 0.00000242. The molecule has 1 aromatic rings. The number of rotatable bonds is 6. The molecule has 2 heterocycles. The largest absolute Gasteiger partial charge is 0.357 e. The van der Waals surface area contributed by atoms with E-state index in [1.165, 1.54) is 4.90 Å². The van der Waals surface area contributed by atoms with Crippen LogP contribution in [-0.4, -0.2) is 49.0 Å². The van der Waals surface area contributed by atoms with Crippen LogP contribution in [0.5, 0.6) is 0 Å². The highest BCUT2D eigenvalue weighted by Gasteiger charge is 2.27. The summed E-state index contributed by atoms with van der Waals surface area (Å²) in [6, 6.07) is 1.70. The average molecular weight is 437 g/mol. The van der Waals surface area contributed by atoms with E-state index >= 15 is 0 Å². The minimum absolute atomic E-state index is 0. The number of thiophene rings is 1. The molecule has 0 unspecified atom stereocenters. The lowest BCUT2D eigenvalue weighted by Crippen LogP contribution is -2.43. The number of nitrogens with zero attached hydrogens (tertiary/aromatic N) is 2. The zero-order valence-corrected chi connectivity index (χ0v) is 15.4. The molecule has 1 fully saturated rings. The number of urea groups is 1. The highest BCUT2D eigenvalue weighted by atomic mass is 127. The molecule has 0 atom stereocenters. The lowest BCUT2D eigenvalue weighted by atomic mass is 10.3. The summed E-state index contributed by atoms with van der Waals surface area (Å²) < 4.78 is 0. The number of guanidine groups is 1. The second-order valence-corrected chi connectivity index (χ2v) is 5.24. The maximum Gasteiger partial charge on any atom is 0.324 e. The third kappa shape index (κ3) is 5.44. The molecule has 0 aromatic carbocycles. The smallest absolute Gasteiger partial charge is 0.324 e. The number of hydrogen-bond donors (Lipinski definition) is 3. The summed E-state index contributed by atoms with van der Waals surface area (Å²) in [4.78, 5) is 28.5. The monoisotopic (exact) mass is 437 g/mol. The lowest BCUT2D eigenvalue weighted by molar-refractivity contribution is -0.124. The van der Waals surface area contributed by atoms with Gasteiger partial charge in [0, 0.05) is 19.6 Å². The Labute approximate surface area is 150 Å². The van der Waals surface area contributed by atoms with Crippen molar-refractivity contribution in [1.82, 2.24) is 20.9 Å².